The van der Waals surface area contributed by atoms with Crippen molar-refractivity contribution in [2.24, 2.45) is 0 Å². The topological polar surface area (TPSA) is 24.1 Å². The molecule has 0 saturated heterocycles. The minimum absolute atomic E-state index is 0.532. The van der Waals surface area contributed by atoms with Crippen LogP contribution in [0.5, 0.6) is 0 Å². The zero-order valence-electron chi connectivity index (χ0n) is 10.8. The molecule has 2 nitrogen and oxygen atoms in total. The highest BCUT2D eigenvalue weighted by Gasteiger charge is 2.20. The van der Waals surface area contributed by atoms with Crippen LogP contribution in [-0.4, -0.2) is 18.6 Å². The lowest BCUT2D eigenvalue weighted by atomic mass is 10.1. The minimum Gasteiger partial charge on any atom is -0.312 e. The molecule has 3 heteroatoms. The molecule has 0 aliphatic heterocycles. The van der Waals surface area contributed by atoms with Crippen LogP contribution in [0.15, 0.2) is 29.6 Å². The van der Waals surface area contributed by atoms with Crippen LogP contribution in [0.1, 0.15) is 25.3 Å². The van der Waals surface area contributed by atoms with Crippen molar-refractivity contribution in [2.45, 2.75) is 38.4 Å². The Morgan fingerprint density at radius 2 is 2.17 bits per heavy atom. The van der Waals surface area contributed by atoms with E-state index in [-0.39, 0.29) is 0 Å². The molecule has 1 unspecified atom stereocenters. The summed E-state index contributed by atoms with van der Waals surface area (Å²) in [5.74, 6) is 0. The molecule has 3 rings (SSSR count). The van der Waals surface area contributed by atoms with E-state index < -0.39 is 0 Å². The monoisotopic (exact) mass is 260 g/mol. The second kappa shape index (κ2) is 5.39. The lowest BCUT2D eigenvalue weighted by Crippen LogP contribution is -2.36. The number of rotatable bonds is 6. The first kappa shape index (κ1) is 12.2. The van der Waals surface area contributed by atoms with E-state index in [1.807, 2.05) is 11.3 Å². The molecule has 0 radical (unpaired) electrons. The van der Waals surface area contributed by atoms with Crippen LogP contribution in [0.25, 0.3) is 10.1 Å². The van der Waals surface area contributed by atoms with Gasteiger partial charge in [0, 0.05) is 29.9 Å². The molecule has 0 bridgehead atoms. The predicted octanol–water partition coefficient (Wildman–Crippen LogP) is 3.13. The maximum Gasteiger partial charge on any atom is 0.0346 e. The summed E-state index contributed by atoms with van der Waals surface area (Å²) in [6.07, 6.45) is 2.73. The third-order valence-corrected chi connectivity index (χ3v) is 4.50. The van der Waals surface area contributed by atoms with Gasteiger partial charge in [-0.15, -0.1) is 11.3 Å². The van der Waals surface area contributed by atoms with Crippen molar-refractivity contribution >= 4 is 21.4 Å². The first-order valence-corrected chi connectivity index (χ1v) is 7.63. The van der Waals surface area contributed by atoms with Crippen molar-refractivity contribution in [1.29, 1.82) is 0 Å². The SMILES string of the molecule is CC(CNC1CC1)NCc1csc2ccccc12. The summed E-state index contributed by atoms with van der Waals surface area (Å²) in [5.41, 5.74) is 1.42. The molecule has 1 aliphatic carbocycles. The number of hydrogen-bond acceptors (Lipinski definition) is 3. The van der Waals surface area contributed by atoms with Gasteiger partial charge in [-0.25, -0.2) is 0 Å². The Balaban J connectivity index is 1.55. The number of hydrogen-bond donors (Lipinski definition) is 2. The fraction of sp³-hybridized carbons (Fsp3) is 0.467. The van der Waals surface area contributed by atoms with E-state index in [2.05, 4.69) is 47.2 Å². The first-order chi connectivity index (χ1) is 8.83. The van der Waals surface area contributed by atoms with Gasteiger partial charge in [0.05, 0.1) is 0 Å². The van der Waals surface area contributed by atoms with Gasteiger partial charge in [0.2, 0.25) is 0 Å². The average molecular weight is 260 g/mol. The van der Waals surface area contributed by atoms with E-state index in [1.54, 1.807) is 0 Å². The Kier molecular flexibility index (Phi) is 3.64. The number of thiophene rings is 1. The summed E-state index contributed by atoms with van der Waals surface area (Å²) >= 11 is 1.84. The lowest BCUT2D eigenvalue weighted by Gasteiger charge is -2.14. The molecule has 1 aliphatic rings. The summed E-state index contributed by atoms with van der Waals surface area (Å²) in [7, 11) is 0. The van der Waals surface area contributed by atoms with Gasteiger partial charge in [-0.1, -0.05) is 18.2 Å². The van der Waals surface area contributed by atoms with E-state index in [0.29, 0.717) is 6.04 Å². The Morgan fingerprint density at radius 3 is 3.00 bits per heavy atom. The van der Waals surface area contributed by atoms with Crippen molar-refractivity contribution in [1.82, 2.24) is 10.6 Å². The van der Waals surface area contributed by atoms with Crippen LogP contribution in [0.4, 0.5) is 0 Å². The largest absolute Gasteiger partial charge is 0.312 e. The summed E-state index contributed by atoms with van der Waals surface area (Å²) < 4.78 is 1.39. The van der Waals surface area contributed by atoms with Gasteiger partial charge in [-0.05, 0) is 42.2 Å². The molecule has 1 heterocycles. The lowest BCUT2D eigenvalue weighted by molar-refractivity contribution is 0.501. The molecule has 0 spiro atoms. The van der Waals surface area contributed by atoms with Crippen LogP contribution in [0.3, 0.4) is 0 Å². The molecule has 1 saturated carbocycles. The Hall–Kier alpha value is -0.900. The zero-order valence-corrected chi connectivity index (χ0v) is 11.6. The molecular weight excluding hydrogens is 240 g/mol. The van der Waals surface area contributed by atoms with E-state index in [1.165, 1.54) is 28.5 Å². The predicted molar refractivity (Wildman–Crippen MR) is 79.2 cm³/mol. The van der Waals surface area contributed by atoms with E-state index >= 15 is 0 Å². The highest BCUT2D eigenvalue weighted by atomic mass is 32.1. The summed E-state index contributed by atoms with van der Waals surface area (Å²) in [5, 5.41) is 10.8. The summed E-state index contributed by atoms with van der Waals surface area (Å²) in [6.45, 7) is 4.30. The van der Waals surface area contributed by atoms with Crippen LogP contribution in [0, 0.1) is 0 Å². The molecule has 0 amide bonds. The fourth-order valence-corrected chi connectivity index (χ4v) is 3.12. The summed E-state index contributed by atoms with van der Waals surface area (Å²) in [4.78, 5) is 0. The highest BCUT2D eigenvalue weighted by Crippen LogP contribution is 2.25. The second-order valence-electron chi connectivity index (χ2n) is 5.22. The van der Waals surface area contributed by atoms with E-state index in [9.17, 15) is 0 Å². The van der Waals surface area contributed by atoms with E-state index in [0.717, 1.165) is 19.1 Å². The molecule has 1 aromatic heterocycles. The number of nitrogens with one attached hydrogen (secondary N) is 2. The highest BCUT2D eigenvalue weighted by molar-refractivity contribution is 7.17. The van der Waals surface area contributed by atoms with Crippen LogP contribution < -0.4 is 10.6 Å². The molecule has 1 fully saturated rings. The maximum absolute atomic E-state index is 3.60. The smallest absolute Gasteiger partial charge is 0.0346 e. The quantitative estimate of drug-likeness (QED) is 0.834. The number of benzene rings is 1. The van der Waals surface area contributed by atoms with E-state index in [4.69, 9.17) is 0 Å². The molecular formula is C15H20N2S. The van der Waals surface area contributed by atoms with Crippen molar-refractivity contribution in [3.8, 4) is 0 Å². The van der Waals surface area contributed by atoms with Crippen molar-refractivity contribution in [2.75, 3.05) is 6.54 Å². The fourth-order valence-electron chi connectivity index (χ4n) is 2.16. The molecule has 2 N–H and O–H groups in total. The number of fused-ring (bicyclic) bond motifs is 1. The van der Waals surface area contributed by atoms with Crippen LogP contribution in [0.2, 0.25) is 0 Å². The second-order valence-corrected chi connectivity index (χ2v) is 6.13. The van der Waals surface area contributed by atoms with Gasteiger partial charge in [-0.2, -0.15) is 0 Å². The normalized spacial score (nSPS) is 17.2. The first-order valence-electron chi connectivity index (χ1n) is 6.75. The Bertz CT molecular complexity index is 516. The molecule has 18 heavy (non-hydrogen) atoms. The van der Waals surface area contributed by atoms with Gasteiger partial charge >= 0.3 is 0 Å². The average Bonchev–Trinajstić information content (AvgIpc) is 3.14. The van der Waals surface area contributed by atoms with Gasteiger partial charge in [-0.3, -0.25) is 0 Å². The van der Waals surface area contributed by atoms with Gasteiger partial charge in [0.25, 0.3) is 0 Å². The zero-order chi connectivity index (χ0) is 12.4. The van der Waals surface area contributed by atoms with Crippen LogP contribution in [-0.2, 0) is 6.54 Å². The molecule has 1 atom stereocenters. The van der Waals surface area contributed by atoms with Gasteiger partial charge < -0.3 is 10.6 Å². The van der Waals surface area contributed by atoms with Crippen molar-refractivity contribution < 1.29 is 0 Å². The minimum atomic E-state index is 0.532. The Labute approximate surface area is 112 Å². The van der Waals surface area contributed by atoms with Gasteiger partial charge in [0.15, 0.2) is 0 Å². The van der Waals surface area contributed by atoms with Crippen LogP contribution >= 0.6 is 11.3 Å². The Morgan fingerprint density at radius 1 is 1.33 bits per heavy atom. The maximum atomic E-state index is 3.60. The van der Waals surface area contributed by atoms with Crippen molar-refractivity contribution in [3.63, 3.8) is 0 Å². The van der Waals surface area contributed by atoms with Crippen molar-refractivity contribution in [3.05, 3.63) is 35.2 Å². The van der Waals surface area contributed by atoms with Gasteiger partial charge in [0.1, 0.15) is 0 Å². The third-order valence-electron chi connectivity index (χ3n) is 3.49. The molecule has 96 valence electrons. The molecule has 1 aromatic carbocycles. The molecule has 2 aromatic rings. The standard InChI is InChI=1S/C15H20N2S/c1-11(8-17-13-6-7-13)16-9-12-10-18-15-5-3-2-4-14(12)15/h2-5,10-11,13,16-17H,6-9H2,1H3. The summed E-state index contributed by atoms with van der Waals surface area (Å²) in [6, 6.07) is 9.98. The third kappa shape index (κ3) is 2.91.